The third-order valence-corrected chi connectivity index (χ3v) is 2.55. The highest BCUT2D eigenvalue weighted by atomic mass is 31.2. The predicted octanol–water partition coefficient (Wildman–Crippen LogP) is 1.76. The Labute approximate surface area is 129 Å². The molecule has 1 aromatic rings. The molecule has 0 unspecified atom stereocenters. The molecular formula is C10H9F6O7P. The van der Waals surface area contributed by atoms with Crippen LogP contribution >= 0.6 is 7.60 Å². The van der Waals surface area contributed by atoms with Crippen molar-refractivity contribution in [1.82, 2.24) is 0 Å². The van der Waals surface area contributed by atoms with E-state index in [1.165, 1.54) is 12.1 Å². The molecule has 0 radical (unpaired) electrons. The first-order valence-corrected chi connectivity index (χ1v) is 6.82. The molecule has 0 aliphatic heterocycles. The van der Waals surface area contributed by atoms with Crippen molar-refractivity contribution in [3.63, 3.8) is 0 Å². The van der Waals surface area contributed by atoms with E-state index in [0.29, 0.717) is 0 Å². The summed E-state index contributed by atoms with van der Waals surface area (Å²) in [7, 11) is -4.02. The Kier molecular flexibility index (Phi) is 9.31. The molecule has 24 heavy (non-hydrogen) atoms. The van der Waals surface area contributed by atoms with Crippen molar-refractivity contribution in [2.24, 2.45) is 0 Å². The standard InChI is InChI=1S/C6H7O3P.2C2HF3O2/c7-10(8,9)6-4-2-1-3-5-6;2*3-2(4,5)1(6)7/h1-5H,(H2,7,8,9);2*(H,6,7). The van der Waals surface area contributed by atoms with Gasteiger partial charge in [-0.3, -0.25) is 4.57 Å². The fourth-order valence-electron chi connectivity index (χ4n) is 0.622. The van der Waals surface area contributed by atoms with Crippen molar-refractivity contribution in [3.05, 3.63) is 30.3 Å². The first kappa shape index (κ1) is 24.1. The third-order valence-electron chi connectivity index (χ3n) is 1.58. The van der Waals surface area contributed by atoms with E-state index >= 15 is 0 Å². The number of carboxylic acids is 2. The largest absolute Gasteiger partial charge is 0.490 e. The van der Waals surface area contributed by atoms with E-state index in [2.05, 4.69) is 0 Å². The topological polar surface area (TPSA) is 132 Å². The van der Waals surface area contributed by atoms with Gasteiger partial charge in [-0.2, -0.15) is 26.3 Å². The SMILES string of the molecule is O=C(O)C(F)(F)F.O=C(O)C(F)(F)F.O=P(O)(O)c1ccccc1. The Hall–Kier alpha value is -2.11. The highest BCUT2D eigenvalue weighted by Gasteiger charge is 2.38. The van der Waals surface area contributed by atoms with Crippen LogP contribution in [0.4, 0.5) is 26.3 Å². The molecule has 1 aromatic carbocycles. The lowest BCUT2D eigenvalue weighted by Gasteiger charge is -2.00. The van der Waals surface area contributed by atoms with Crippen molar-refractivity contribution in [2.45, 2.75) is 12.4 Å². The Balaban J connectivity index is 0. The maximum absolute atomic E-state index is 10.6. The molecule has 0 aromatic heterocycles. The zero-order chi connectivity index (χ0) is 19.8. The minimum Gasteiger partial charge on any atom is -0.475 e. The second kappa shape index (κ2) is 9.25. The molecular weight excluding hydrogens is 377 g/mol. The van der Waals surface area contributed by atoms with Crippen molar-refractivity contribution in [2.75, 3.05) is 0 Å². The van der Waals surface area contributed by atoms with Gasteiger partial charge in [0.05, 0.1) is 5.30 Å². The predicted molar refractivity (Wildman–Crippen MR) is 65.5 cm³/mol. The van der Waals surface area contributed by atoms with Crippen LogP contribution in [-0.4, -0.2) is 44.3 Å². The van der Waals surface area contributed by atoms with E-state index in [-0.39, 0.29) is 5.30 Å². The highest BCUT2D eigenvalue weighted by molar-refractivity contribution is 7.60. The van der Waals surface area contributed by atoms with Gasteiger partial charge in [-0.15, -0.1) is 0 Å². The Morgan fingerprint density at radius 1 is 0.792 bits per heavy atom. The van der Waals surface area contributed by atoms with Crippen molar-refractivity contribution in [3.8, 4) is 0 Å². The third kappa shape index (κ3) is 12.4. The highest BCUT2D eigenvalue weighted by Crippen LogP contribution is 2.32. The molecule has 0 spiro atoms. The molecule has 138 valence electrons. The van der Waals surface area contributed by atoms with Crippen LogP contribution in [0.3, 0.4) is 0 Å². The van der Waals surface area contributed by atoms with Gasteiger partial charge in [-0.1, -0.05) is 18.2 Å². The van der Waals surface area contributed by atoms with Crippen LogP contribution in [0.1, 0.15) is 0 Å². The zero-order valence-electron chi connectivity index (χ0n) is 11.1. The van der Waals surface area contributed by atoms with E-state index in [9.17, 15) is 30.9 Å². The normalized spacial score (nSPS) is 11.3. The summed E-state index contributed by atoms with van der Waals surface area (Å²) >= 11 is 0. The number of aliphatic carboxylic acids is 2. The van der Waals surface area contributed by atoms with Gasteiger partial charge in [-0.25, -0.2) is 9.59 Å². The lowest BCUT2D eigenvalue weighted by atomic mass is 10.4. The minimum atomic E-state index is -5.08. The second-order valence-corrected chi connectivity index (χ2v) is 5.09. The molecule has 14 heteroatoms. The summed E-state index contributed by atoms with van der Waals surface area (Å²) in [5.74, 6) is -5.51. The molecule has 0 saturated carbocycles. The van der Waals surface area contributed by atoms with Crippen molar-refractivity contribution >= 4 is 24.8 Å². The molecule has 0 aliphatic rings. The van der Waals surface area contributed by atoms with Crippen LogP contribution in [-0.2, 0) is 14.2 Å². The lowest BCUT2D eigenvalue weighted by Crippen LogP contribution is -2.21. The summed E-state index contributed by atoms with van der Waals surface area (Å²) in [6.45, 7) is 0. The average molecular weight is 386 g/mol. The van der Waals surface area contributed by atoms with Crippen LogP contribution in [0.2, 0.25) is 0 Å². The summed E-state index contributed by atoms with van der Waals surface area (Å²) in [4.78, 5) is 35.0. The van der Waals surface area contributed by atoms with Gasteiger partial charge in [0.1, 0.15) is 0 Å². The van der Waals surface area contributed by atoms with Gasteiger partial charge in [-0.05, 0) is 12.1 Å². The molecule has 0 bridgehead atoms. The van der Waals surface area contributed by atoms with Gasteiger partial charge in [0, 0.05) is 0 Å². The maximum atomic E-state index is 10.6. The summed E-state index contributed by atoms with van der Waals surface area (Å²) in [5, 5.41) is 14.3. The van der Waals surface area contributed by atoms with Crippen LogP contribution < -0.4 is 5.30 Å². The summed E-state index contributed by atoms with van der Waals surface area (Å²) in [6.07, 6.45) is -10.2. The van der Waals surface area contributed by atoms with E-state index in [0.717, 1.165) is 0 Å². The number of benzene rings is 1. The van der Waals surface area contributed by atoms with Crippen LogP contribution in [0.15, 0.2) is 30.3 Å². The molecule has 0 saturated heterocycles. The van der Waals surface area contributed by atoms with Crippen molar-refractivity contribution in [1.29, 1.82) is 0 Å². The summed E-state index contributed by atoms with van der Waals surface area (Å²) < 4.78 is 74.0. The van der Waals surface area contributed by atoms with E-state index in [1.807, 2.05) is 0 Å². The van der Waals surface area contributed by atoms with Crippen LogP contribution in [0, 0.1) is 0 Å². The van der Waals surface area contributed by atoms with E-state index < -0.39 is 31.9 Å². The summed E-state index contributed by atoms with van der Waals surface area (Å²) in [5.41, 5.74) is 0. The first-order chi connectivity index (χ1) is 10.5. The molecule has 4 N–H and O–H groups in total. The number of carbonyl (C=O) groups is 2. The van der Waals surface area contributed by atoms with Gasteiger partial charge in [0.25, 0.3) is 0 Å². The first-order valence-electron chi connectivity index (χ1n) is 5.21. The zero-order valence-corrected chi connectivity index (χ0v) is 12.0. The Bertz CT molecular complexity index is 554. The summed E-state index contributed by atoms with van der Waals surface area (Å²) in [6, 6.07) is 7.70. The molecule has 1 rings (SSSR count). The van der Waals surface area contributed by atoms with Gasteiger partial charge >= 0.3 is 31.9 Å². The van der Waals surface area contributed by atoms with Crippen molar-refractivity contribution < 1.29 is 60.5 Å². The number of halogens is 6. The lowest BCUT2D eigenvalue weighted by molar-refractivity contribution is -0.193. The fourth-order valence-corrected chi connectivity index (χ4v) is 1.18. The number of hydrogen-bond acceptors (Lipinski definition) is 3. The van der Waals surface area contributed by atoms with Gasteiger partial charge in [0.15, 0.2) is 0 Å². The minimum absolute atomic E-state index is 0.0648. The molecule has 0 heterocycles. The number of rotatable bonds is 1. The monoisotopic (exact) mass is 386 g/mol. The molecule has 0 amide bonds. The quantitative estimate of drug-likeness (QED) is 0.427. The maximum Gasteiger partial charge on any atom is 0.490 e. The van der Waals surface area contributed by atoms with Crippen LogP contribution in [0.25, 0.3) is 0 Å². The van der Waals surface area contributed by atoms with Gasteiger partial charge < -0.3 is 20.0 Å². The smallest absolute Gasteiger partial charge is 0.475 e. The molecule has 7 nitrogen and oxygen atoms in total. The number of hydrogen-bond donors (Lipinski definition) is 4. The van der Waals surface area contributed by atoms with Crippen LogP contribution in [0.5, 0.6) is 0 Å². The molecule has 0 atom stereocenters. The number of alkyl halides is 6. The molecule has 0 fully saturated rings. The van der Waals surface area contributed by atoms with E-state index in [4.69, 9.17) is 29.6 Å². The van der Waals surface area contributed by atoms with E-state index in [1.54, 1.807) is 18.2 Å². The Morgan fingerprint density at radius 3 is 1.17 bits per heavy atom. The van der Waals surface area contributed by atoms with Gasteiger partial charge in [0.2, 0.25) is 0 Å². The molecule has 0 aliphatic carbocycles. The fraction of sp³-hybridized carbons (Fsp3) is 0.200. The second-order valence-electron chi connectivity index (χ2n) is 3.49. The Morgan fingerprint density at radius 2 is 1.04 bits per heavy atom. The average Bonchev–Trinajstić information content (AvgIpc) is 2.38. The number of carboxylic acid groups (broad SMARTS) is 2.